The summed E-state index contributed by atoms with van der Waals surface area (Å²) in [5, 5.41) is 0. The first-order valence-corrected chi connectivity index (χ1v) is 13.5. The molecule has 0 aromatic heterocycles. The first kappa shape index (κ1) is 31.4. The summed E-state index contributed by atoms with van der Waals surface area (Å²) >= 11 is 0. The molecule has 0 saturated carbocycles. The lowest BCUT2D eigenvalue weighted by Crippen LogP contribution is -2.09. The van der Waals surface area contributed by atoms with Crippen molar-refractivity contribution in [2.75, 3.05) is 13.2 Å². The van der Waals surface area contributed by atoms with Crippen LogP contribution in [0.4, 0.5) is 0 Å². The zero-order valence-corrected chi connectivity index (χ0v) is 23.6. The van der Waals surface area contributed by atoms with Gasteiger partial charge in [0.1, 0.15) is 28.8 Å². The largest absolute Gasteiger partial charge is 0.494 e. The second-order valence-electron chi connectivity index (χ2n) is 9.15. The van der Waals surface area contributed by atoms with Crippen LogP contribution in [0.3, 0.4) is 0 Å². The molecule has 0 spiro atoms. The molecule has 0 aliphatic heterocycles. The number of benzene rings is 3. The van der Waals surface area contributed by atoms with Gasteiger partial charge in [-0.15, -0.1) is 0 Å². The monoisotopic (exact) mass is 570 g/mol. The molecule has 8 nitrogen and oxygen atoms in total. The van der Waals surface area contributed by atoms with Crippen LogP contribution < -0.4 is 18.9 Å². The van der Waals surface area contributed by atoms with E-state index in [0.29, 0.717) is 47.3 Å². The molecule has 0 heterocycles. The number of rotatable bonds is 16. The van der Waals surface area contributed by atoms with E-state index < -0.39 is 17.9 Å². The zero-order chi connectivity index (χ0) is 30.3. The Morgan fingerprint density at radius 1 is 0.667 bits per heavy atom. The molecular weight excluding hydrogens is 536 g/mol. The molecule has 0 aliphatic carbocycles. The lowest BCUT2D eigenvalue weighted by Gasteiger charge is -2.13. The van der Waals surface area contributed by atoms with Crippen LogP contribution in [0, 0.1) is 6.92 Å². The molecule has 0 amide bonds. The van der Waals surface area contributed by atoms with Gasteiger partial charge in [-0.25, -0.2) is 14.4 Å². The minimum Gasteiger partial charge on any atom is -0.494 e. The van der Waals surface area contributed by atoms with E-state index in [4.69, 9.17) is 23.7 Å². The molecular formula is C34H34O8. The highest BCUT2D eigenvalue weighted by Gasteiger charge is 2.13. The molecule has 3 rings (SSSR count). The number of carbonyl (C=O) groups excluding carboxylic acids is 3. The SMILES string of the molecule is C=CC(=O)OCCCCCCOc1ccc(C(=C)Oc2ccc(OC(=O)c3ccc(OC(=O)C=C)cc3)c(C)c2)cc1. The van der Waals surface area contributed by atoms with Crippen LogP contribution in [0.1, 0.15) is 47.2 Å². The number of unbranched alkanes of at least 4 members (excludes halogenated alkanes) is 3. The van der Waals surface area contributed by atoms with Crippen LogP contribution in [-0.4, -0.2) is 31.1 Å². The minimum absolute atomic E-state index is 0.297. The number of esters is 3. The van der Waals surface area contributed by atoms with E-state index >= 15 is 0 Å². The summed E-state index contributed by atoms with van der Waals surface area (Å²) in [4.78, 5) is 34.9. The van der Waals surface area contributed by atoms with Gasteiger partial charge in [-0.05, 0) is 105 Å². The van der Waals surface area contributed by atoms with Gasteiger partial charge in [0.2, 0.25) is 0 Å². The Morgan fingerprint density at radius 3 is 1.90 bits per heavy atom. The third-order valence-electron chi connectivity index (χ3n) is 5.96. The average molecular weight is 571 g/mol. The molecule has 42 heavy (non-hydrogen) atoms. The summed E-state index contributed by atoms with van der Waals surface area (Å²) in [7, 11) is 0. The fourth-order valence-corrected chi connectivity index (χ4v) is 3.69. The van der Waals surface area contributed by atoms with Gasteiger partial charge in [-0.2, -0.15) is 0 Å². The number of aryl methyl sites for hydroxylation is 1. The molecule has 0 fully saturated rings. The van der Waals surface area contributed by atoms with E-state index in [-0.39, 0.29) is 0 Å². The highest BCUT2D eigenvalue weighted by Crippen LogP contribution is 2.28. The molecule has 8 heteroatoms. The van der Waals surface area contributed by atoms with Crippen LogP contribution in [-0.2, 0) is 14.3 Å². The van der Waals surface area contributed by atoms with Crippen molar-refractivity contribution in [3.63, 3.8) is 0 Å². The number of carbonyl (C=O) groups is 3. The van der Waals surface area contributed by atoms with Gasteiger partial charge in [0, 0.05) is 17.7 Å². The molecule has 0 saturated heterocycles. The maximum absolute atomic E-state index is 12.6. The second kappa shape index (κ2) is 16.2. The van der Waals surface area contributed by atoms with Crippen molar-refractivity contribution in [2.45, 2.75) is 32.6 Å². The number of ether oxygens (including phenoxy) is 5. The van der Waals surface area contributed by atoms with E-state index in [1.54, 1.807) is 25.1 Å². The van der Waals surface area contributed by atoms with Gasteiger partial charge in [-0.3, -0.25) is 0 Å². The lowest BCUT2D eigenvalue weighted by atomic mass is 10.1. The Morgan fingerprint density at radius 2 is 1.26 bits per heavy atom. The predicted molar refractivity (Wildman–Crippen MR) is 160 cm³/mol. The van der Waals surface area contributed by atoms with Gasteiger partial charge < -0.3 is 23.7 Å². The van der Waals surface area contributed by atoms with Gasteiger partial charge in [0.05, 0.1) is 18.8 Å². The normalized spacial score (nSPS) is 10.2. The third kappa shape index (κ3) is 10.1. The molecule has 0 atom stereocenters. The van der Waals surface area contributed by atoms with Crippen molar-refractivity contribution in [2.24, 2.45) is 0 Å². The zero-order valence-electron chi connectivity index (χ0n) is 23.6. The van der Waals surface area contributed by atoms with Crippen molar-refractivity contribution in [1.29, 1.82) is 0 Å². The second-order valence-corrected chi connectivity index (χ2v) is 9.15. The van der Waals surface area contributed by atoms with Gasteiger partial charge in [0.25, 0.3) is 0 Å². The van der Waals surface area contributed by atoms with Crippen LogP contribution in [0.5, 0.6) is 23.0 Å². The maximum Gasteiger partial charge on any atom is 0.343 e. The minimum atomic E-state index is -0.585. The van der Waals surface area contributed by atoms with Crippen LogP contribution in [0.2, 0.25) is 0 Å². The van der Waals surface area contributed by atoms with E-state index in [9.17, 15) is 14.4 Å². The topological polar surface area (TPSA) is 97.4 Å². The Kier molecular flexibility index (Phi) is 12.1. The highest BCUT2D eigenvalue weighted by molar-refractivity contribution is 5.91. The van der Waals surface area contributed by atoms with Crippen molar-refractivity contribution in [3.05, 3.63) is 115 Å². The van der Waals surface area contributed by atoms with Crippen molar-refractivity contribution in [1.82, 2.24) is 0 Å². The molecule has 3 aromatic carbocycles. The van der Waals surface area contributed by atoms with Crippen LogP contribution >= 0.6 is 0 Å². The molecule has 0 radical (unpaired) electrons. The lowest BCUT2D eigenvalue weighted by molar-refractivity contribution is -0.137. The summed E-state index contributed by atoms with van der Waals surface area (Å²) in [5.74, 6) is 0.914. The molecule has 0 bridgehead atoms. The molecule has 0 aliphatic rings. The highest BCUT2D eigenvalue weighted by atomic mass is 16.5. The van der Waals surface area contributed by atoms with Gasteiger partial charge in [0.15, 0.2) is 0 Å². The van der Waals surface area contributed by atoms with E-state index in [1.165, 1.54) is 24.3 Å². The van der Waals surface area contributed by atoms with Gasteiger partial charge >= 0.3 is 17.9 Å². The smallest absolute Gasteiger partial charge is 0.343 e. The Labute approximate surface area is 245 Å². The molecule has 218 valence electrons. The van der Waals surface area contributed by atoms with Crippen LogP contribution in [0.25, 0.3) is 5.76 Å². The third-order valence-corrected chi connectivity index (χ3v) is 5.96. The quantitative estimate of drug-likeness (QED) is 0.0596. The molecule has 3 aromatic rings. The van der Waals surface area contributed by atoms with Gasteiger partial charge in [-0.1, -0.05) is 19.7 Å². The van der Waals surface area contributed by atoms with E-state index in [2.05, 4.69) is 19.7 Å². The summed E-state index contributed by atoms with van der Waals surface area (Å²) in [6, 6.07) is 18.6. The summed E-state index contributed by atoms with van der Waals surface area (Å²) in [5.41, 5.74) is 1.80. The number of hydrogen-bond acceptors (Lipinski definition) is 8. The van der Waals surface area contributed by atoms with Crippen LogP contribution in [0.15, 0.2) is 98.6 Å². The molecule has 0 N–H and O–H groups in total. The first-order valence-electron chi connectivity index (χ1n) is 13.5. The fraction of sp³-hybridized carbons (Fsp3) is 0.206. The Balaban J connectivity index is 1.43. The Bertz CT molecular complexity index is 1400. The average Bonchev–Trinajstić information content (AvgIpc) is 3.00. The van der Waals surface area contributed by atoms with Crippen molar-refractivity contribution in [3.8, 4) is 23.0 Å². The number of hydrogen-bond donors (Lipinski definition) is 0. The summed E-state index contributed by atoms with van der Waals surface area (Å²) < 4.78 is 27.2. The maximum atomic E-state index is 12.6. The molecule has 0 unspecified atom stereocenters. The summed E-state index contributed by atoms with van der Waals surface area (Å²) in [6.45, 7) is 13.5. The van der Waals surface area contributed by atoms with E-state index in [0.717, 1.165) is 49.1 Å². The summed E-state index contributed by atoms with van der Waals surface area (Å²) in [6.07, 6.45) is 5.87. The van der Waals surface area contributed by atoms with Crippen molar-refractivity contribution >= 4 is 23.7 Å². The first-order chi connectivity index (χ1) is 20.3. The van der Waals surface area contributed by atoms with E-state index in [1.807, 2.05) is 24.3 Å². The fourth-order valence-electron chi connectivity index (χ4n) is 3.69. The Hall–Kier alpha value is -5.11. The standard InChI is InChI=1S/C34H34O8/c1-5-32(35)39-22-10-8-7-9-21-38-28-15-11-26(12-16-28)25(4)40-30-19-20-31(24(3)23-30)42-34(37)27-13-17-29(18-14-27)41-33(36)6-2/h5-6,11-20,23H,1-2,4,7-10,21-22H2,3H3. The van der Waals surface area contributed by atoms with Crippen molar-refractivity contribution < 1.29 is 38.1 Å². The predicted octanol–water partition coefficient (Wildman–Crippen LogP) is 7.02.